The van der Waals surface area contributed by atoms with Gasteiger partial charge < -0.3 is 11.1 Å². The third-order valence-electron chi connectivity index (χ3n) is 3.80. The highest BCUT2D eigenvalue weighted by molar-refractivity contribution is 5.79. The Morgan fingerprint density at radius 1 is 1.44 bits per heavy atom. The first kappa shape index (κ1) is 11.9. The fourth-order valence-electron chi connectivity index (χ4n) is 2.51. The molecule has 1 heterocycles. The van der Waals surface area contributed by atoms with Crippen LogP contribution >= 0.6 is 0 Å². The third-order valence-corrected chi connectivity index (χ3v) is 3.80. The van der Waals surface area contributed by atoms with E-state index in [9.17, 15) is 4.79 Å². The van der Waals surface area contributed by atoms with Gasteiger partial charge in [-0.1, -0.05) is 6.42 Å². The van der Waals surface area contributed by atoms with E-state index >= 15 is 0 Å². The topological polar surface area (TPSA) is 58.4 Å². The quantitative estimate of drug-likeness (QED) is 0.715. The fraction of sp³-hybridized carbons (Fsp3) is 0.917. The number of piperidine rings is 1. The number of nitrogens with two attached hydrogens (primary N) is 1. The van der Waals surface area contributed by atoms with Gasteiger partial charge in [-0.25, -0.2) is 0 Å². The van der Waals surface area contributed by atoms with E-state index in [1.807, 2.05) is 6.92 Å². The maximum atomic E-state index is 11.3. The first-order chi connectivity index (χ1) is 7.68. The van der Waals surface area contributed by atoms with Gasteiger partial charge in [0, 0.05) is 18.6 Å². The molecule has 1 aliphatic carbocycles. The molecule has 2 rings (SSSR count). The third kappa shape index (κ3) is 2.95. The van der Waals surface area contributed by atoms with Crippen LogP contribution in [0.1, 0.15) is 39.0 Å². The Kier molecular flexibility index (Phi) is 3.82. The highest BCUT2D eigenvalue weighted by atomic mass is 16.1. The molecule has 4 nitrogen and oxygen atoms in total. The van der Waals surface area contributed by atoms with Crippen molar-refractivity contribution in [1.29, 1.82) is 0 Å². The van der Waals surface area contributed by atoms with Gasteiger partial charge in [-0.2, -0.15) is 0 Å². The van der Waals surface area contributed by atoms with E-state index in [0.29, 0.717) is 6.04 Å². The lowest BCUT2D eigenvalue weighted by molar-refractivity contribution is -0.124. The molecule has 16 heavy (non-hydrogen) atoms. The van der Waals surface area contributed by atoms with Gasteiger partial charge in [-0.15, -0.1) is 0 Å². The Hall–Kier alpha value is -0.610. The molecule has 3 N–H and O–H groups in total. The van der Waals surface area contributed by atoms with Crippen molar-refractivity contribution in [2.75, 3.05) is 13.1 Å². The van der Waals surface area contributed by atoms with Gasteiger partial charge >= 0.3 is 0 Å². The van der Waals surface area contributed by atoms with Crippen LogP contribution in [0.4, 0.5) is 0 Å². The molecule has 2 aliphatic rings. The maximum absolute atomic E-state index is 11.3. The van der Waals surface area contributed by atoms with E-state index in [1.165, 1.54) is 32.1 Å². The Morgan fingerprint density at radius 3 is 2.81 bits per heavy atom. The molecule has 2 unspecified atom stereocenters. The summed E-state index contributed by atoms with van der Waals surface area (Å²) in [5.41, 5.74) is 5.40. The van der Waals surface area contributed by atoms with Crippen LogP contribution in [-0.2, 0) is 4.79 Å². The van der Waals surface area contributed by atoms with E-state index in [0.717, 1.165) is 19.1 Å². The molecule has 0 aromatic rings. The largest absolute Gasteiger partial charge is 0.368 e. The summed E-state index contributed by atoms with van der Waals surface area (Å²) in [6, 6.07) is 1.12. The number of hydrogen-bond acceptors (Lipinski definition) is 3. The van der Waals surface area contributed by atoms with E-state index in [1.54, 1.807) is 0 Å². The van der Waals surface area contributed by atoms with E-state index in [4.69, 9.17) is 5.73 Å². The number of carbonyl (C=O) groups excluding carboxylic acids is 1. The number of rotatable bonds is 5. The number of nitrogens with one attached hydrogen (secondary N) is 1. The summed E-state index contributed by atoms with van der Waals surface area (Å²) in [7, 11) is 0. The normalized spacial score (nSPS) is 28.9. The van der Waals surface area contributed by atoms with Crippen LogP contribution in [0.2, 0.25) is 0 Å². The average Bonchev–Trinajstić information content (AvgIpc) is 3.09. The number of hydrogen-bond donors (Lipinski definition) is 2. The molecule has 4 heteroatoms. The molecule has 0 aromatic carbocycles. The van der Waals surface area contributed by atoms with Gasteiger partial charge in [0.25, 0.3) is 0 Å². The fourth-order valence-corrected chi connectivity index (χ4v) is 2.51. The minimum Gasteiger partial charge on any atom is -0.368 e. The molecule has 0 spiro atoms. The predicted octanol–water partition coefficient (Wildman–Crippen LogP) is 0.467. The van der Waals surface area contributed by atoms with Gasteiger partial charge in [-0.3, -0.25) is 9.69 Å². The van der Waals surface area contributed by atoms with Crippen molar-refractivity contribution >= 4 is 5.91 Å². The summed E-state index contributed by atoms with van der Waals surface area (Å²) < 4.78 is 0. The molecule has 0 radical (unpaired) electrons. The van der Waals surface area contributed by atoms with Crippen molar-refractivity contribution in [3.63, 3.8) is 0 Å². The number of nitrogens with zero attached hydrogens (tertiary/aromatic N) is 1. The zero-order chi connectivity index (χ0) is 11.5. The summed E-state index contributed by atoms with van der Waals surface area (Å²) in [4.78, 5) is 13.5. The van der Waals surface area contributed by atoms with Gasteiger partial charge in [0.2, 0.25) is 5.91 Å². The van der Waals surface area contributed by atoms with Crippen LogP contribution in [0.5, 0.6) is 0 Å². The highest BCUT2D eigenvalue weighted by Gasteiger charge is 2.30. The number of likely N-dealkylation sites (tertiary alicyclic amines) is 1. The van der Waals surface area contributed by atoms with Crippen LogP contribution < -0.4 is 11.1 Å². The summed E-state index contributed by atoms with van der Waals surface area (Å²) in [5.74, 6) is -0.196. The second-order valence-corrected chi connectivity index (χ2v) is 5.15. The highest BCUT2D eigenvalue weighted by Crippen LogP contribution is 2.22. The Labute approximate surface area is 97.6 Å². The van der Waals surface area contributed by atoms with Crippen molar-refractivity contribution in [2.24, 2.45) is 5.73 Å². The Bertz CT molecular complexity index is 253. The van der Waals surface area contributed by atoms with Crippen LogP contribution in [0, 0.1) is 0 Å². The van der Waals surface area contributed by atoms with Crippen molar-refractivity contribution in [2.45, 2.75) is 57.2 Å². The Balaban J connectivity index is 1.87. The van der Waals surface area contributed by atoms with E-state index in [2.05, 4.69) is 10.2 Å². The molecular formula is C12H23N3O. The van der Waals surface area contributed by atoms with Gasteiger partial charge in [0.15, 0.2) is 0 Å². The lowest BCUT2D eigenvalue weighted by Gasteiger charge is -2.38. The van der Waals surface area contributed by atoms with Gasteiger partial charge in [0.1, 0.15) is 0 Å². The molecule has 1 saturated heterocycles. The first-order valence-corrected chi connectivity index (χ1v) is 6.47. The standard InChI is InChI=1S/C12H23N3O/c1-9(12(13)16)15-7-3-2-4-11(15)8-14-10-5-6-10/h9-11,14H,2-8H2,1H3,(H2,13,16). The van der Waals surface area contributed by atoms with Crippen LogP contribution in [0.15, 0.2) is 0 Å². The van der Waals surface area contributed by atoms with Crippen LogP contribution in [0.25, 0.3) is 0 Å². The molecule has 92 valence electrons. The first-order valence-electron chi connectivity index (χ1n) is 6.47. The molecule has 2 atom stereocenters. The van der Waals surface area contributed by atoms with E-state index in [-0.39, 0.29) is 11.9 Å². The predicted molar refractivity (Wildman–Crippen MR) is 64.0 cm³/mol. The number of carbonyl (C=O) groups is 1. The molecule has 0 bridgehead atoms. The average molecular weight is 225 g/mol. The monoisotopic (exact) mass is 225 g/mol. The molecule has 0 aromatic heterocycles. The van der Waals surface area contributed by atoms with Crippen LogP contribution in [0.3, 0.4) is 0 Å². The number of primary amides is 1. The minimum atomic E-state index is -0.196. The second kappa shape index (κ2) is 5.15. The summed E-state index contributed by atoms with van der Waals surface area (Å²) in [6.45, 7) is 3.96. The van der Waals surface area contributed by atoms with E-state index < -0.39 is 0 Å². The molecule has 2 fully saturated rings. The SMILES string of the molecule is CC(C(N)=O)N1CCCCC1CNC1CC1. The van der Waals surface area contributed by atoms with Crippen molar-refractivity contribution in [3.05, 3.63) is 0 Å². The van der Waals surface area contributed by atoms with Crippen molar-refractivity contribution in [3.8, 4) is 0 Å². The smallest absolute Gasteiger partial charge is 0.234 e. The molecular weight excluding hydrogens is 202 g/mol. The Morgan fingerprint density at radius 2 is 2.19 bits per heavy atom. The van der Waals surface area contributed by atoms with Gasteiger partial charge in [0.05, 0.1) is 6.04 Å². The lowest BCUT2D eigenvalue weighted by atomic mass is 9.99. The molecule has 1 amide bonds. The molecule has 1 saturated carbocycles. The molecule has 1 aliphatic heterocycles. The van der Waals surface area contributed by atoms with Crippen molar-refractivity contribution < 1.29 is 4.79 Å². The summed E-state index contributed by atoms with van der Waals surface area (Å²) >= 11 is 0. The maximum Gasteiger partial charge on any atom is 0.234 e. The van der Waals surface area contributed by atoms with Crippen LogP contribution in [-0.4, -0.2) is 42.0 Å². The zero-order valence-corrected chi connectivity index (χ0v) is 10.1. The second-order valence-electron chi connectivity index (χ2n) is 5.15. The van der Waals surface area contributed by atoms with Crippen molar-refractivity contribution in [1.82, 2.24) is 10.2 Å². The lowest BCUT2D eigenvalue weighted by Crippen LogP contribution is -2.53. The minimum absolute atomic E-state index is 0.119. The number of amides is 1. The summed E-state index contributed by atoms with van der Waals surface area (Å²) in [6.07, 6.45) is 6.30. The zero-order valence-electron chi connectivity index (χ0n) is 10.1. The summed E-state index contributed by atoms with van der Waals surface area (Å²) in [5, 5.41) is 3.56. The van der Waals surface area contributed by atoms with Gasteiger partial charge in [-0.05, 0) is 39.2 Å².